The van der Waals surface area contributed by atoms with Gasteiger partial charge in [0.1, 0.15) is 0 Å². The Morgan fingerprint density at radius 2 is 1.70 bits per heavy atom. The zero-order chi connectivity index (χ0) is 23.2. The van der Waals surface area contributed by atoms with Gasteiger partial charge < -0.3 is 4.74 Å². The van der Waals surface area contributed by atoms with E-state index in [2.05, 4.69) is 0 Å². The summed E-state index contributed by atoms with van der Waals surface area (Å²) >= 11 is 6.15. The summed E-state index contributed by atoms with van der Waals surface area (Å²) in [5, 5.41) is 5.45. The van der Waals surface area contributed by atoms with Crippen LogP contribution in [0.4, 0.5) is 0 Å². The number of halogens is 1. The highest BCUT2D eigenvalue weighted by Gasteiger charge is 2.22. The first-order valence-corrected chi connectivity index (χ1v) is 10.8. The number of carbonyl (C=O) groups is 2. The van der Waals surface area contributed by atoms with Crippen molar-refractivity contribution in [3.63, 3.8) is 0 Å². The first-order chi connectivity index (χ1) is 16.1. The van der Waals surface area contributed by atoms with Crippen LogP contribution in [-0.4, -0.2) is 28.6 Å². The summed E-state index contributed by atoms with van der Waals surface area (Å²) in [6.07, 6.45) is 3.78. The third-order valence-electron chi connectivity index (χ3n) is 5.05. The molecule has 0 aliphatic heterocycles. The molecule has 1 heterocycles. The second-order valence-corrected chi connectivity index (χ2v) is 7.59. The van der Waals surface area contributed by atoms with Gasteiger partial charge in [-0.15, -0.1) is 0 Å². The number of benzene rings is 3. The second-order valence-electron chi connectivity index (χ2n) is 7.15. The molecule has 4 aromatic rings. The van der Waals surface area contributed by atoms with E-state index in [-0.39, 0.29) is 6.61 Å². The molecule has 0 saturated carbocycles. The Kier molecular flexibility index (Phi) is 6.81. The van der Waals surface area contributed by atoms with Gasteiger partial charge in [-0.1, -0.05) is 66.2 Å². The molecule has 0 aliphatic rings. The first kappa shape index (κ1) is 22.2. The Balaban J connectivity index is 2.05. The molecule has 0 saturated heterocycles. The van der Waals surface area contributed by atoms with Crippen LogP contribution in [0.15, 0.2) is 84.9 Å². The predicted octanol–water partition coefficient (Wildman–Crippen LogP) is 6.25. The largest absolute Gasteiger partial charge is 0.463 e. The summed E-state index contributed by atoms with van der Waals surface area (Å²) in [4.78, 5) is 23.9. The van der Waals surface area contributed by atoms with Crippen molar-refractivity contribution < 1.29 is 14.3 Å². The number of carbonyl (C=O) groups excluding carboxylic acids is 2. The lowest BCUT2D eigenvalue weighted by Crippen LogP contribution is -2.00. The molecule has 6 heteroatoms. The average molecular weight is 457 g/mol. The van der Waals surface area contributed by atoms with Gasteiger partial charge in [0.15, 0.2) is 6.29 Å². The highest BCUT2D eigenvalue weighted by atomic mass is 35.5. The SMILES string of the molecule is CCOC(=O)/C=C/c1nn(-c2ccccc2)c(-c2ccc(Cl)cc2)c1-c1ccccc1C=O. The Hall–Kier alpha value is -3.96. The molecule has 33 heavy (non-hydrogen) atoms. The van der Waals surface area contributed by atoms with Crippen LogP contribution in [0.3, 0.4) is 0 Å². The van der Waals surface area contributed by atoms with Gasteiger partial charge in [-0.3, -0.25) is 4.79 Å². The number of para-hydroxylation sites is 1. The Bertz CT molecular complexity index is 1310. The summed E-state index contributed by atoms with van der Waals surface area (Å²) < 4.78 is 6.85. The minimum atomic E-state index is -0.463. The van der Waals surface area contributed by atoms with E-state index in [9.17, 15) is 9.59 Å². The van der Waals surface area contributed by atoms with E-state index < -0.39 is 5.97 Å². The lowest BCUT2D eigenvalue weighted by molar-refractivity contribution is -0.137. The quantitative estimate of drug-likeness (QED) is 0.187. The van der Waals surface area contributed by atoms with Crippen LogP contribution in [0.5, 0.6) is 0 Å². The molecule has 0 N–H and O–H groups in total. The predicted molar refractivity (Wildman–Crippen MR) is 131 cm³/mol. The Labute approximate surface area is 196 Å². The number of hydrogen-bond donors (Lipinski definition) is 0. The maximum absolute atomic E-state index is 12.0. The van der Waals surface area contributed by atoms with E-state index in [0.717, 1.165) is 28.8 Å². The van der Waals surface area contributed by atoms with E-state index >= 15 is 0 Å². The van der Waals surface area contributed by atoms with Crippen molar-refractivity contribution in [3.05, 3.63) is 101 Å². The number of ether oxygens (including phenoxy) is 1. The number of esters is 1. The van der Waals surface area contributed by atoms with Crippen molar-refractivity contribution in [2.45, 2.75) is 6.92 Å². The van der Waals surface area contributed by atoms with Gasteiger partial charge in [-0.05, 0) is 42.8 Å². The molecule has 1 aromatic heterocycles. The molecule has 0 fully saturated rings. The number of hydrogen-bond acceptors (Lipinski definition) is 4. The van der Waals surface area contributed by atoms with Gasteiger partial charge in [0.05, 0.1) is 23.7 Å². The molecule has 0 bridgehead atoms. The highest BCUT2D eigenvalue weighted by Crippen LogP contribution is 2.39. The van der Waals surface area contributed by atoms with E-state index in [1.807, 2.05) is 77.5 Å². The zero-order valence-electron chi connectivity index (χ0n) is 17.9. The van der Waals surface area contributed by atoms with Crippen LogP contribution in [0.25, 0.3) is 34.1 Å². The van der Waals surface area contributed by atoms with Crippen molar-refractivity contribution in [3.8, 4) is 28.1 Å². The summed E-state index contributed by atoms with van der Waals surface area (Å²) in [5.41, 5.74) is 4.96. The summed E-state index contributed by atoms with van der Waals surface area (Å²) in [6.45, 7) is 2.03. The lowest BCUT2D eigenvalue weighted by atomic mass is 9.95. The van der Waals surface area contributed by atoms with Crippen molar-refractivity contribution in [2.24, 2.45) is 0 Å². The van der Waals surface area contributed by atoms with Crippen molar-refractivity contribution in [1.82, 2.24) is 9.78 Å². The van der Waals surface area contributed by atoms with Crippen molar-refractivity contribution in [1.29, 1.82) is 0 Å². The molecule has 3 aromatic carbocycles. The van der Waals surface area contributed by atoms with Crippen LogP contribution in [0, 0.1) is 0 Å². The molecule has 0 radical (unpaired) electrons. The van der Waals surface area contributed by atoms with Crippen LogP contribution in [-0.2, 0) is 9.53 Å². The fourth-order valence-corrected chi connectivity index (χ4v) is 3.74. The summed E-state index contributed by atoms with van der Waals surface area (Å²) in [6, 6.07) is 24.4. The monoisotopic (exact) mass is 456 g/mol. The molecule has 0 aliphatic carbocycles. The standard InChI is InChI=1S/C27H21ClN2O3/c1-2-33-25(32)17-16-24-26(23-11-7-6-8-20(23)18-31)27(19-12-14-21(28)15-13-19)30(29-24)22-9-4-3-5-10-22/h3-18H,2H2,1H3/b17-16+. The van der Waals surface area contributed by atoms with Crippen LogP contribution in [0.1, 0.15) is 23.0 Å². The van der Waals surface area contributed by atoms with Gasteiger partial charge in [0.25, 0.3) is 0 Å². The maximum atomic E-state index is 12.0. The zero-order valence-corrected chi connectivity index (χ0v) is 18.7. The number of aromatic nitrogens is 2. The van der Waals surface area contributed by atoms with Crippen molar-refractivity contribution >= 4 is 29.9 Å². The minimum Gasteiger partial charge on any atom is -0.463 e. The third-order valence-corrected chi connectivity index (χ3v) is 5.30. The first-order valence-electron chi connectivity index (χ1n) is 10.5. The van der Waals surface area contributed by atoms with Gasteiger partial charge in [0, 0.05) is 27.8 Å². The van der Waals surface area contributed by atoms with Gasteiger partial charge in [-0.2, -0.15) is 5.10 Å². The summed E-state index contributed by atoms with van der Waals surface area (Å²) in [7, 11) is 0. The molecular weight excluding hydrogens is 436 g/mol. The average Bonchev–Trinajstić information content (AvgIpc) is 3.23. The molecule has 0 amide bonds. The van der Waals surface area contributed by atoms with E-state index in [1.54, 1.807) is 19.1 Å². The minimum absolute atomic E-state index is 0.276. The Morgan fingerprint density at radius 3 is 2.39 bits per heavy atom. The molecule has 0 spiro atoms. The van der Waals surface area contributed by atoms with Gasteiger partial charge in [-0.25, -0.2) is 9.48 Å². The van der Waals surface area contributed by atoms with E-state index in [4.69, 9.17) is 21.4 Å². The fraction of sp³-hybridized carbons (Fsp3) is 0.0741. The Morgan fingerprint density at radius 1 is 1.00 bits per heavy atom. The normalized spacial score (nSPS) is 11.0. The molecular formula is C27H21ClN2O3. The third kappa shape index (κ3) is 4.78. The molecule has 164 valence electrons. The van der Waals surface area contributed by atoms with Gasteiger partial charge >= 0.3 is 5.97 Å². The summed E-state index contributed by atoms with van der Waals surface area (Å²) in [5.74, 6) is -0.463. The van der Waals surface area contributed by atoms with Crippen LogP contribution >= 0.6 is 11.6 Å². The topological polar surface area (TPSA) is 61.2 Å². The molecule has 4 rings (SSSR count). The molecule has 0 unspecified atom stereocenters. The number of rotatable bonds is 7. The van der Waals surface area contributed by atoms with E-state index in [0.29, 0.717) is 21.8 Å². The number of aldehydes is 1. The van der Waals surface area contributed by atoms with Crippen LogP contribution in [0.2, 0.25) is 5.02 Å². The van der Waals surface area contributed by atoms with E-state index in [1.165, 1.54) is 6.08 Å². The highest BCUT2D eigenvalue weighted by molar-refractivity contribution is 6.30. The smallest absolute Gasteiger partial charge is 0.330 e. The van der Waals surface area contributed by atoms with Crippen molar-refractivity contribution in [2.75, 3.05) is 6.61 Å². The van der Waals surface area contributed by atoms with Crippen LogP contribution < -0.4 is 0 Å². The molecule has 5 nitrogen and oxygen atoms in total. The lowest BCUT2D eigenvalue weighted by Gasteiger charge is -2.12. The van der Waals surface area contributed by atoms with Gasteiger partial charge in [0.2, 0.25) is 0 Å². The fourth-order valence-electron chi connectivity index (χ4n) is 3.61. The molecule has 0 atom stereocenters. The number of nitrogens with zero attached hydrogens (tertiary/aromatic N) is 2. The second kappa shape index (κ2) is 10.1. The maximum Gasteiger partial charge on any atom is 0.330 e.